The molecule has 0 saturated heterocycles. The van der Waals surface area contributed by atoms with Gasteiger partial charge in [-0.3, -0.25) is 9.78 Å². The lowest BCUT2D eigenvalue weighted by Gasteiger charge is -2.20. The number of aliphatic hydroxyl groups is 1. The fourth-order valence-electron chi connectivity index (χ4n) is 1.72. The average Bonchev–Trinajstić information content (AvgIpc) is 2.48. The standard InChI is InChI=1S/C14H14FN3O2/c1-9(13(19)10-2-4-11(15)5-3-10)18-14(20)12-8-16-6-7-17-12/h2-9,13,19H,1H3,(H,18,20). The second kappa shape index (κ2) is 6.21. The van der Waals surface area contributed by atoms with E-state index in [0.717, 1.165) is 0 Å². The number of benzene rings is 1. The average molecular weight is 275 g/mol. The number of aromatic nitrogens is 2. The number of amides is 1. The first-order valence-corrected chi connectivity index (χ1v) is 6.08. The van der Waals surface area contributed by atoms with E-state index in [1.807, 2.05) is 0 Å². The number of nitrogens with one attached hydrogen (secondary N) is 1. The number of aliphatic hydroxyl groups excluding tert-OH is 1. The van der Waals surface area contributed by atoms with Crippen molar-refractivity contribution >= 4 is 5.91 Å². The largest absolute Gasteiger partial charge is 0.386 e. The molecule has 6 heteroatoms. The van der Waals surface area contributed by atoms with Crippen molar-refractivity contribution in [1.82, 2.24) is 15.3 Å². The molecule has 1 aromatic carbocycles. The van der Waals surface area contributed by atoms with E-state index in [1.165, 1.54) is 42.9 Å². The van der Waals surface area contributed by atoms with E-state index >= 15 is 0 Å². The number of halogens is 1. The molecule has 1 aromatic heterocycles. The van der Waals surface area contributed by atoms with Gasteiger partial charge in [-0.05, 0) is 24.6 Å². The molecule has 1 amide bonds. The Balaban J connectivity index is 2.02. The van der Waals surface area contributed by atoms with Crippen molar-refractivity contribution in [2.75, 3.05) is 0 Å². The molecule has 0 aliphatic heterocycles. The van der Waals surface area contributed by atoms with Crippen LogP contribution in [0.2, 0.25) is 0 Å². The molecule has 0 aliphatic rings. The zero-order valence-electron chi connectivity index (χ0n) is 10.8. The van der Waals surface area contributed by atoms with Crippen molar-refractivity contribution in [1.29, 1.82) is 0 Å². The van der Waals surface area contributed by atoms with Crippen molar-refractivity contribution in [3.05, 3.63) is 59.9 Å². The predicted molar refractivity (Wildman–Crippen MR) is 70.3 cm³/mol. The van der Waals surface area contributed by atoms with Crippen LogP contribution in [0, 0.1) is 5.82 Å². The first-order chi connectivity index (χ1) is 9.58. The Hall–Kier alpha value is -2.34. The lowest BCUT2D eigenvalue weighted by atomic mass is 10.0. The fraction of sp³-hybridized carbons (Fsp3) is 0.214. The number of carbonyl (C=O) groups is 1. The van der Waals surface area contributed by atoms with Gasteiger partial charge in [-0.25, -0.2) is 9.37 Å². The first kappa shape index (κ1) is 14.1. The molecule has 2 atom stereocenters. The molecule has 2 unspecified atom stereocenters. The van der Waals surface area contributed by atoms with Crippen molar-refractivity contribution in [3.8, 4) is 0 Å². The monoisotopic (exact) mass is 275 g/mol. The zero-order valence-corrected chi connectivity index (χ0v) is 10.8. The molecule has 2 rings (SSSR count). The summed E-state index contributed by atoms with van der Waals surface area (Å²) in [6, 6.07) is 4.93. The van der Waals surface area contributed by atoms with E-state index in [4.69, 9.17) is 0 Å². The summed E-state index contributed by atoms with van der Waals surface area (Å²) in [5.41, 5.74) is 0.698. The lowest BCUT2D eigenvalue weighted by molar-refractivity contribution is 0.0847. The highest BCUT2D eigenvalue weighted by Gasteiger charge is 2.19. The molecule has 0 aliphatic carbocycles. The number of hydrogen-bond acceptors (Lipinski definition) is 4. The molecule has 2 N–H and O–H groups in total. The van der Waals surface area contributed by atoms with Gasteiger partial charge in [0, 0.05) is 12.4 Å². The Morgan fingerprint density at radius 1 is 1.30 bits per heavy atom. The maximum Gasteiger partial charge on any atom is 0.271 e. The molecule has 0 spiro atoms. The topological polar surface area (TPSA) is 75.1 Å². The van der Waals surface area contributed by atoms with Gasteiger partial charge in [-0.1, -0.05) is 12.1 Å². The van der Waals surface area contributed by atoms with Gasteiger partial charge in [0.2, 0.25) is 0 Å². The van der Waals surface area contributed by atoms with Gasteiger partial charge in [0.05, 0.1) is 18.3 Å². The molecule has 2 aromatic rings. The number of carbonyl (C=O) groups excluding carboxylic acids is 1. The van der Waals surface area contributed by atoms with Gasteiger partial charge in [0.1, 0.15) is 11.5 Å². The highest BCUT2D eigenvalue weighted by molar-refractivity contribution is 5.92. The third-order valence-electron chi connectivity index (χ3n) is 2.84. The molecular weight excluding hydrogens is 261 g/mol. The number of hydrogen-bond donors (Lipinski definition) is 2. The minimum Gasteiger partial charge on any atom is -0.386 e. The van der Waals surface area contributed by atoms with Gasteiger partial charge in [0.25, 0.3) is 5.91 Å². The summed E-state index contributed by atoms with van der Waals surface area (Å²) in [6.45, 7) is 1.66. The zero-order chi connectivity index (χ0) is 14.5. The molecular formula is C14H14FN3O2. The summed E-state index contributed by atoms with van der Waals surface area (Å²) in [6.07, 6.45) is 3.28. The summed E-state index contributed by atoms with van der Waals surface area (Å²) in [4.78, 5) is 19.5. The first-order valence-electron chi connectivity index (χ1n) is 6.08. The lowest BCUT2D eigenvalue weighted by Crippen LogP contribution is -2.37. The SMILES string of the molecule is CC(NC(=O)c1cnccn1)C(O)c1ccc(F)cc1. The molecule has 1 heterocycles. The number of nitrogens with zero attached hydrogens (tertiary/aromatic N) is 2. The van der Waals surface area contributed by atoms with Crippen LogP contribution in [0.15, 0.2) is 42.9 Å². The van der Waals surface area contributed by atoms with Gasteiger partial charge >= 0.3 is 0 Å². The minimum absolute atomic E-state index is 0.172. The number of rotatable bonds is 4. The van der Waals surface area contributed by atoms with Crippen molar-refractivity contribution in [2.45, 2.75) is 19.1 Å². The maximum absolute atomic E-state index is 12.8. The van der Waals surface area contributed by atoms with Gasteiger partial charge in [-0.15, -0.1) is 0 Å². The predicted octanol–water partition coefficient (Wildman–Crippen LogP) is 1.47. The van der Waals surface area contributed by atoms with E-state index in [1.54, 1.807) is 6.92 Å². The van der Waals surface area contributed by atoms with Crippen LogP contribution in [0.25, 0.3) is 0 Å². The van der Waals surface area contributed by atoms with Crippen LogP contribution >= 0.6 is 0 Å². The van der Waals surface area contributed by atoms with E-state index in [2.05, 4.69) is 15.3 Å². The van der Waals surface area contributed by atoms with Crippen molar-refractivity contribution < 1.29 is 14.3 Å². The molecule has 5 nitrogen and oxygen atoms in total. The summed E-state index contributed by atoms with van der Waals surface area (Å²) in [5, 5.41) is 12.7. The van der Waals surface area contributed by atoms with E-state index < -0.39 is 18.1 Å². The Morgan fingerprint density at radius 3 is 2.60 bits per heavy atom. The molecule has 104 valence electrons. The molecule has 0 saturated carbocycles. The van der Waals surface area contributed by atoms with E-state index in [9.17, 15) is 14.3 Å². The minimum atomic E-state index is -0.934. The highest BCUT2D eigenvalue weighted by atomic mass is 19.1. The third kappa shape index (κ3) is 3.36. The van der Waals surface area contributed by atoms with Crippen molar-refractivity contribution in [3.63, 3.8) is 0 Å². The van der Waals surface area contributed by atoms with E-state index in [-0.39, 0.29) is 11.5 Å². The van der Waals surface area contributed by atoms with Crippen LogP contribution < -0.4 is 5.32 Å². The van der Waals surface area contributed by atoms with Crippen LogP contribution in [-0.2, 0) is 0 Å². The normalized spacial score (nSPS) is 13.6. The second-order valence-electron chi connectivity index (χ2n) is 4.35. The van der Waals surface area contributed by atoms with Gasteiger partial charge in [-0.2, -0.15) is 0 Å². The van der Waals surface area contributed by atoms with Crippen LogP contribution in [0.5, 0.6) is 0 Å². The fourth-order valence-corrected chi connectivity index (χ4v) is 1.72. The molecule has 0 radical (unpaired) electrons. The van der Waals surface area contributed by atoms with Crippen LogP contribution in [0.4, 0.5) is 4.39 Å². The van der Waals surface area contributed by atoms with E-state index in [0.29, 0.717) is 5.56 Å². The molecule has 20 heavy (non-hydrogen) atoms. The molecule has 0 fully saturated rings. The van der Waals surface area contributed by atoms with Gasteiger partial charge in [0.15, 0.2) is 0 Å². The third-order valence-corrected chi connectivity index (χ3v) is 2.84. The summed E-state index contributed by atoms with van der Waals surface area (Å²) < 4.78 is 12.8. The summed E-state index contributed by atoms with van der Waals surface area (Å²) in [7, 11) is 0. The van der Waals surface area contributed by atoms with Gasteiger partial charge < -0.3 is 10.4 Å². The smallest absolute Gasteiger partial charge is 0.271 e. The van der Waals surface area contributed by atoms with Crippen LogP contribution in [-0.4, -0.2) is 27.0 Å². The van der Waals surface area contributed by atoms with Crippen molar-refractivity contribution in [2.24, 2.45) is 0 Å². The summed E-state index contributed by atoms with van der Waals surface area (Å²) in [5.74, 6) is -0.802. The molecule has 0 bridgehead atoms. The second-order valence-corrected chi connectivity index (χ2v) is 4.35. The Bertz CT molecular complexity index is 575. The Kier molecular flexibility index (Phi) is 4.37. The Labute approximate surface area is 115 Å². The quantitative estimate of drug-likeness (QED) is 0.886. The van der Waals surface area contributed by atoms with Crippen LogP contribution in [0.1, 0.15) is 29.1 Å². The van der Waals surface area contributed by atoms with Crippen LogP contribution in [0.3, 0.4) is 0 Å². The highest BCUT2D eigenvalue weighted by Crippen LogP contribution is 2.17. The maximum atomic E-state index is 12.8. The summed E-state index contributed by atoms with van der Waals surface area (Å²) >= 11 is 0. The Morgan fingerprint density at radius 2 is 2.00 bits per heavy atom.